The molecule has 1 N–H and O–H groups in total. The molecule has 22 heavy (non-hydrogen) atoms. The third kappa shape index (κ3) is 3.71. The van der Waals surface area contributed by atoms with E-state index in [1.165, 1.54) is 11.3 Å². The highest BCUT2D eigenvalue weighted by Gasteiger charge is 2.23. The van der Waals surface area contributed by atoms with Gasteiger partial charge in [-0.1, -0.05) is 23.1 Å². The molecule has 0 atom stereocenters. The first-order chi connectivity index (χ1) is 10.7. The van der Waals surface area contributed by atoms with Gasteiger partial charge >= 0.3 is 0 Å². The summed E-state index contributed by atoms with van der Waals surface area (Å²) in [4.78, 5) is 12.7. The fraction of sp³-hybridized carbons (Fsp3) is 0.462. The molecule has 6 nitrogen and oxygen atoms in total. The smallest absolute Gasteiger partial charge is 0.265 e. The van der Waals surface area contributed by atoms with Crippen molar-refractivity contribution in [2.45, 2.75) is 17.7 Å². The summed E-state index contributed by atoms with van der Waals surface area (Å²) in [6.45, 7) is 3.58. The Balaban J connectivity index is 1.42. The molecule has 0 spiro atoms. The minimum Gasteiger partial charge on any atom is -0.485 e. The molecule has 0 saturated carbocycles. The summed E-state index contributed by atoms with van der Waals surface area (Å²) >= 11 is 4.61. The first-order valence-electron chi connectivity index (χ1n) is 6.82. The molecule has 0 aromatic carbocycles. The van der Waals surface area contributed by atoms with Gasteiger partial charge in [0, 0.05) is 17.7 Å². The molecule has 9 heteroatoms. The third-order valence-electron chi connectivity index (χ3n) is 2.85. The van der Waals surface area contributed by atoms with Crippen molar-refractivity contribution in [3.8, 4) is 11.5 Å². The summed E-state index contributed by atoms with van der Waals surface area (Å²) < 4.78 is 11.9. The second-order valence-corrected chi connectivity index (χ2v) is 7.90. The van der Waals surface area contributed by atoms with Crippen LogP contribution in [0.2, 0.25) is 0 Å². The number of hydrogen-bond acceptors (Lipinski definition) is 8. The Labute approximate surface area is 140 Å². The van der Waals surface area contributed by atoms with Crippen LogP contribution in [0.25, 0.3) is 0 Å². The molecule has 3 rings (SSSR count). The normalized spacial score (nSPS) is 13.1. The van der Waals surface area contributed by atoms with Crippen LogP contribution in [-0.4, -0.2) is 41.6 Å². The van der Waals surface area contributed by atoms with Crippen LogP contribution in [0.3, 0.4) is 0 Å². The second kappa shape index (κ2) is 7.30. The topological polar surface area (TPSA) is 73.3 Å². The number of thioether (sulfide) groups is 1. The Morgan fingerprint density at radius 1 is 1.41 bits per heavy atom. The zero-order chi connectivity index (χ0) is 15.4. The van der Waals surface area contributed by atoms with Gasteiger partial charge < -0.3 is 14.8 Å². The highest BCUT2D eigenvalue weighted by atomic mass is 32.2. The molecule has 0 saturated heterocycles. The summed E-state index contributed by atoms with van der Waals surface area (Å²) in [5.41, 5.74) is 0. The zero-order valence-corrected chi connectivity index (χ0v) is 14.4. The predicted molar refractivity (Wildman–Crippen MR) is 87.6 cm³/mol. The summed E-state index contributed by atoms with van der Waals surface area (Å²) in [5.74, 6) is 2.04. The van der Waals surface area contributed by atoms with Crippen LogP contribution in [0.1, 0.15) is 21.1 Å². The Kier molecular flexibility index (Phi) is 5.16. The average Bonchev–Trinajstić information content (AvgIpc) is 3.13. The standard InChI is InChI=1S/C13H15N3O3S3/c1-8-15-16-13(22-8)20-6-2-3-14-12(17)11-10-9(7-21-11)18-4-5-19-10/h7H,2-6H2,1H3,(H,14,17). The summed E-state index contributed by atoms with van der Waals surface area (Å²) in [5, 5.41) is 13.7. The number of carbonyl (C=O) groups excluding carboxylic acids is 1. The maximum atomic E-state index is 12.2. The minimum atomic E-state index is -0.103. The lowest BCUT2D eigenvalue weighted by Gasteiger charge is -2.15. The summed E-state index contributed by atoms with van der Waals surface area (Å²) in [7, 11) is 0. The Hall–Kier alpha value is -1.32. The lowest BCUT2D eigenvalue weighted by Crippen LogP contribution is -2.25. The number of rotatable bonds is 6. The van der Waals surface area contributed by atoms with Gasteiger partial charge in [-0.3, -0.25) is 4.79 Å². The number of fused-ring (bicyclic) bond motifs is 1. The zero-order valence-electron chi connectivity index (χ0n) is 12.0. The highest BCUT2D eigenvalue weighted by Crippen LogP contribution is 2.39. The van der Waals surface area contributed by atoms with E-state index in [0.717, 1.165) is 21.5 Å². The van der Waals surface area contributed by atoms with Gasteiger partial charge in [0.15, 0.2) is 15.8 Å². The Bertz CT molecular complexity index is 656. The summed E-state index contributed by atoms with van der Waals surface area (Å²) in [6.07, 6.45) is 0.875. The van der Waals surface area contributed by atoms with Gasteiger partial charge in [0.05, 0.1) is 0 Å². The monoisotopic (exact) mass is 357 g/mol. The number of nitrogens with zero attached hydrogens (tertiary/aromatic N) is 2. The molecular formula is C13H15N3O3S3. The van der Waals surface area contributed by atoms with Crippen molar-refractivity contribution < 1.29 is 14.3 Å². The van der Waals surface area contributed by atoms with E-state index in [1.54, 1.807) is 23.1 Å². The van der Waals surface area contributed by atoms with Gasteiger partial charge in [-0.05, 0) is 13.3 Å². The van der Waals surface area contributed by atoms with Crippen molar-refractivity contribution in [2.75, 3.05) is 25.5 Å². The van der Waals surface area contributed by atoms with Crippen molar-refractivity contribution in [3.63, 3.8) is 0 Å². The number of nitrogens with one attached hydrogen (secondary N) is 1. The van der Waals surface area contributed by atoms with Crippen LogP contribution < -0.4 is 14.8 Å². The highest BCUT2D eigenvalue weighted by molar-refractivity contribution is 8.01. The van der Waals surface area contributed by atoms with Gasteiger partial charge in [0.1, 0.15) is 23.1 Å². The minimum absolute atomic E-state index is 0.103. The number of aromatic nitrogens is 2. The van der Waals surface area contributed by atoms with Crippen LogP contribution in [0.5, 0.6) is 11.5 Å². The average molecular weight is 357 g/mol. The maximum Gasteiger partial charge on any atom is 0.265 e. The first kappa shape index (κ1) is 15.6. The van der Waals surface area contributed by atoms with Crippen molar-refractivity contribution in [1.82, 2.24) is 15.5 Å². The molecule has 0 aliphatic carbocycles. The number of hydrogen-bond donors (Lipinski definition) is 1. The van der Waals surface area contributed by atoms with Crippen molar-refractivity contribution in [1.29, 1.82) is 0 Å². The molecule has 1 aliphatic heterocycles. The van der Waals surface area contributed by atoms with Crippen LogP contribution in [0, 0.1) is 6.92 Å². The molecule has 118 valence electrons. The molecule has 0 fully saturated rings. The van der Waals surface area contributed by atoms with Gasteiger partial charge in [0.25, 0.3) is 5.91 Å². The quantitative estimate of drug-likeness (QED) is 0.633. The number of carbonyl (C=O) groups is 1. The molecule has 3 heterocycles. The molecule has 0 unspecified atom stereocenters. The van der Waals surface area contributed by atoms with Gasteiger partial charge in [-0.2, -0.15) is 0 Å². The van der Waals surface area contributed by atoms with Crippen molar-refractivity contribution in [3.05, 3.63) is 15.3 Å². The van der Waals surface area contributed by atoms with Crippen molar-refractivity contribution >= 4 is 40.3 Å². The van der Waals surface area contributed by atoms with Gasteiger partial charge in [0.2, 0.25) is 0 Å². The molecule has 2 aromatic heterocycles. The third-order valence-corrected chi connectivity index (χ3v) is 5.84. The fourth-order valence-electron chi connectivity index (χ4n) is 1.87. The molecule has 1 aliphatic rings. The first-order valence-corrected chi connectivity index (χ1v) is 9.50. The van der Waals surface area contributed by atoms with Gasteiger partial charge in [-0.25, -0.2) is 0 Å². The predicted octanol–water partition coefficient (Wildman–Crippen LogP) is 2.59. The molecule has 1 amide bonds. The number of amides is 1. The van der Waals surface area contributed by atoms with E-state index in [2.05, 4.69) is 15.5 Å². The number of thiophene rings is 1. The van der Waals surface area contributed by atoms with Crippen LogP contribution in [0.15, 0.2) is 9.72 Å². The van der Waals surface area contributed by atoms with Crippen LogP contribution in [0.4, 0.5) is 0 Å². The van der Waals surface area contributed by atoms with E-state index in [1.807, 2.05) is 12.3 Å². The van der Waals surface area contributed by atoms with Crippen LogP contribution in [-0.2, 0) is 0 Å². The lowest BCUT2D eigenvalue weighted by atomic mass is 10.3. The summed E-state index contributed by atoms with van der Waals surface area (Å²) in [6, 6.07) is 0. The lowest BCUT2D eigenvalue weighted by molar-refractivity contribution is 0.0948. The molecule has 0 bridgehead atoms. The van der Waals surface area contributed by atoms with E-state index in [4.69, 9.17) is 9.47 Å². The Morgan fingerprint density at radius 3 is 3.09 bits per heavy atom. The van der Waals surface area contributed by atoms with E-state index in [0.29, 0.717) is 36.1 Å². The Morgan fingerprint density at radius 2 is 2.27 bits per heavy atom. The molecule has 0 radical (unpaired) electrons. The number of ether oxygens (including phenoxy) is 2. The van der Waals surface area contributed by atoms with E-state index in [-0.39, 0.29) is 5.91 Å². The fourth-order valence-corrected chi connectivity index (χ4v) is 4.54. The molecular weight excluding hydrogens is 342 g/mol. The maximum absolute atomic E-state index is 12.2. The van der Waals surface area contributed by atoms with E-state index >= 15 is 0 Å². The SMILES string of the molecule is Cc1nnc(SCCCNC(=O)c2scc3c2OCCO3)s1. The number of aryl methyl sites for hydroxylation is 1. The van der Waals surface area contributed by atoms with Gasteiger partial charge in [-0.15, -0.1) is 21.5 Å². The van der Waals surface area contributed by atoms with E-state index < -0.39 is 0 Å². The van der Waals surface area contributed by atoms with E-state index in [9.17, 15) is 4.79 Å². The second-order valence-electron chi connectivity index (χ2n) is 4.50. The largest absolute Gasteiger partial charge is 0.485 e. The molecule has 2 aromatic rings. The van der Waals surface area contributed by atoms with Crippen LogP contribution >= 0.6 is 34.4 Å². The van der Waals surface area contributed by atoms with Crippen molar-refractivity contribution in [2.24, 2.45) is 0 Å².